The van der Waals surface area contributed by atoms with Gasteiger partial charge in [0, 0.05) is 12.1 Å². The molecule has 1 atom stereocenters. The van der Waals surface area contributed by atoms with E-state index < -0.39 is 0 Å². The van der Waals surface area contributed by atoms with Gasteiger partial charge in [-0.2, -0.15) is 0 Å². The SMILES string of the molecule is CNCCC(NC(C)C)c1ccccc1. The first-order valence-electron chi connectivity index (χ1n) is 5.69. The van der Waals surface area contributed by atoms with Gasteiger partial charge in [-0.25, -0.2) is 0 Å². The zero-order valence-electron chi connectivity index (χ0n) is 9.96. The van der Waals surface area contributed by atoms with Crippen molar-refractivity contribution in [3.8, 4) is 0 Å². The highest BCUT2D eigenvalue weighted by molar-refractivity contribution is 5.18. The maximum absolute atomic E-state index is 3.59. The summed E-state index contributed by atoms with van der Waals surface area (Å²) < 4.78 is 0. The van der Waals surface area contributed by atoms with E-state index in [4.69, 9.17) is 0 Å². The molecule has 84 valence electrons. The van der Waals surface area contributed by atoms with Gasteiger partial charge < -0.3 is 10.6 Å². The summed E-state index contributed by atoms with van der Waals surface area (Å²) in [4.78, 5) is 0. The first kappa shape index (κ1) is 12.2. The normalized spacial score (nSPS) is 13.1. The molecule has 0 saturated carbocycles. The van der Waals surface area contributed by atoms with Crippen LogP contribution in [0, 0.1) is 0 Å². The second-order valence-electron chi connectivity index (χ2n) is 4.18. The van der Waals surface area contributed by atoms with E-state index in [0.717, 1.165) is 13.0 Å². The second-order valence-corrected chi connectivity index (χ2v) is 4.18. The fourth-order valence-corrected chi connectivity index (χ4v) is 1.72. The van der Waals surface area contributed by atoms with E-state index in [0.29, 0.717) is 12.1 Å². The van der Waals surface area contributed by atoms with Crippen LogP contribution in [0.1, 0.15) is 31.9 Å². The van der Waals surface area contributed by atoms with E-state index in [2.05, 4.69) is 54.8 Å². The van der Waals surface area contributed by atoms with Crippen molar-refractivity contribution in [1.29, 1.82) is 0 Å². The molecule has 0 aromatic heterocycles. The maximum Gasteiger partial charge on any atom is 0.0334 e. The first-order chi connectivity index (χ1) is 7.24. The van der Waals surface area contributed by atoms with Crippen molar-refractivity contribution in [2.24, 2.45) is 0 Å². The van der Waals surface area contributed by atoms with E-state index in [9.17, 15) is 0 Å². The Labute approximate surface area is 93.1 Å². The zero-order valence-corrected chi connectivity index (χ0v) is 9.96. The third-order valence-corrected chi connectivity index (χ3v) is 2.42. The van der Waals surface area contributed by atoms with Gasteiger partial charge in [0.2, 0.25) is 0 Å². The molecule has 0 saturated heterocycles. The van der Waals surface area contributed by atoms with Gasteiger partial charge in [-0.15, -0.1) is 0 Å². The molecule has 0 aliphatic heterocycles. The van der Waals surface area contributed by atoms with Gasteiger partial charge in [-0.3, -0.25) is 0 Å². The Kier molecular flexibility index (Phi) is 5.37. The summed E-state index contributed by atoms with van der Waals surface area (Å²) in [7, 11) is 2.00. The summed E-state index contributed by atoms with van der Waals surface area (Å²) in [5.41, 5.74) is 1.38. The molecule has 0 heterocycles. The lowest BCUT2D eigenvalue weighted by atomic mass is 10.0. The third kappa shape index (κ3) is 4.45. The molecule has 0 aliphatic rings. The van der Waals surface area contributed by atoms with Crippen molar-refractivity contribution in [3.05, 3.63) is 35.9 Å². The summed E-state index contributed by atoms with van der Waals surface area (Å²) in [6, 6.07) is 11.6. The van der Waals surface area contributed by atoms with Crippen LogP contribution in [0.15, 0.2) is 30.3 Å². The number of nitrogens with one attached hydrogen (secondary N) is 2. The molecular weight excluding hydrogens is 184 g/mol. The topological polar surface area (TPSA) is 24.1 Å². The van der Waals surface area contributed by atoms with E-state index >= 15 is 0 Å². The van der Waals surface area contributed by atoms with Crippen molar-refractivity contribution in [1.82, 2.24) is 10.6 Å². The van der Waals surface area contributed by atoms with Crippen LogP contribution in [0.3, 0.4) is 0 Å². The van der Waals surface area contributed by atoms with E-state index in [-0.39, 0.29) is 0 Å². The highest BCUT2D eigenvalue weighted by Crippen LogP contribution is 2.16. The van der Waals surface area contributed by atoms with E-state index in [1.54, 1.807) is 0 Å². The lowest BCUT2D eigenvalue weighted by molar-refractivity contribution is 0.446. The summed E-state index contributed by atoms with van der Waals surface area (Å²) in [5.74, 6) is 0. The van der Waals surface area contributed by atoms with Crippen molar-refractivity contribution in [2.45, 2.75) is 32.4 Å². The van der Waals surface area contributed by atoms with Crippen molar-refractivity contribution in [3.63, 3.8) is 0 Å². The summed E-state index contributed by atoms with van der Waals surface area (Å²) in [5, 5.41) is 6.79. The highest BCUT2D eigenvalue weighted by Gasteiger charge is 2.10. The molecule has 2 N–H and O–H groups in total. The minimum Gasteiger partial charge on any atom is -0.320 e. The molecule has 0 radical (unpaired) electrons. The smallest absolute Gasteiger partial charge is 0.0334 e. The molecule has 2 heteroatoms. The molecule has 1 rings (SSSR count). The van der Waals surface area contributed by atoms with Crippen LogP contribution in [-0.4, -0.2) is 19.6 Å². The summed E-state index contributed by atoms with van der Waals surface area (Å²) >= 11 is 0. The average molecular weight is 206 g/mol. The van der Waals surface area contributed by atoms with Gasteiger partial charge in [0.25, 0.3) is 0 Å². The molecule has 1 aromatic carbocycles. The highest BCUT2D eigenvalue weighted by atomic mass is 14.9. The van der Waals surface area contributed by atoms with Crippen LogP contribution in [0.5, 0.6) is 0 Å². The van der Waals surface area contributed by atoms with Crippen molar-refractivity contribution in [2.75, 3.05) is 13.6 Å². The predicted octanol–water partition coefficient (Wildman–Crippen LogP) is 2.34. The second kappa shape index (κ2) is 6.59. The molecule has 15 heavy (non-hydrogen) atoms. The fourth-order valence-electron chi connectivity index (χ4n) is 1.72. The number of hydrogen-bond donors (Lipinski definition) is 2. The van der Waals surface area contributed by atoms with Crippen LogP contribution >= 0.6 is 0 Å². The van der Waals surface area contributed by atoms with Crippen LogP contribution in [-0.2, 0) is 0 Å². The minimum atomic E-state index is 0.457. The monoisotopic (exact) mass is 206 g/mol. The molecule has 0 aliphatic carbocycles. The quantitative estimate of drug-likeness (QED) is 0.746. The van der Waals surface area contributed by atoms with Crippen LogP contribution in [0.25, 0.3) is 0 Å². The van der Waals surface area contributed by atoms with E-state index in [1.807, 2.05) is 7.05 Å². The standard InChI is InChI=1S/C13H22N2/c1-11(2)15-13(9-10-14-3)12-7-5-4-6-8-12/h4-8,11,13-15H,9-10H2,1-3H3. The largest absolute Gasteiger partial charge is 0.320 e. The van der Waals surface area contributed by atoms with Crippen LogP contribution in [0.2, 0.25) is 0 Å². The zero-order chi connectivity index (χ0) is 11.1. The van der Waals surface area contributed by atoms with Crippen LogP contribution < -0.4 is 10.6 Å². The van der Waals surface area contributed by atoms with Gasteiger partial charge in [-0.1, -0.05) is 44.2 Å². The average Bonchev–Trinajstić information content (AvgIpc) is 2.25. The van der Waals surface area contributed by atoms with Crippen molar-refractivity contribution < 1.29 is 0 Å². The Morgan fingerprint density at radius 3 is 2.33 bits per heavy atom. The molecule has 1 aromatic rings. The predicted molar refractivity (Wildman–Crippen MR) is 66.0 cm³/mol. The third-order valence-electron chi connectivity index (χ3n) is 2.42. The maximum atomic E-state index is 3.59. The lowest BCUT2D eigenvalue weighted by Crippen LogP contribution is -2.30. The molecule has 1 unspecified atom stereocenters. The van der Waals surface area contributed by atoms with Gasteiger partial charge in [0.05, 0.1) is 0 Å². The summed E-state index contributed by atoms with van der Waals surface area (Å²) in [6.07, 6.45) is 1.12. The van der Waals surface area contributed by atoms with Crippen molar-refractivity contribution >= 4 is 0 Å². The molecule has 0 spiro atoms. The van der Waals surface area contributed by atoms with Gasteiger partial charge in [-0.05, 0) is 25.6 Å². The van der Waals surface area contributed by atoms with E-state index in [1.165, 1.54) is 5.56 Å². The minimum absolute atomic E-state index is 0.457. The molecule has 2 nitrogen and oxygen atoms in total. The molecular formula is C13H22N2. The Balaban J connectivity index is 2.63. The number of rotatable bonds is 6. The fraction of sp³-hybridized carbons (Fsp3) is 0.538. The summed E-state index contributed by atoms with van der Waals surface area (Å²) in [6.45, 7) is 5.42. The molecule has 0 amide bonds. The van der Waals surface area contributed by atoms with Gasteiger partial charge >= 0.3 is 0 Å². The Bertz CT molecular complexity index is 256. The first-order valence-corrected chi connectivity index (χ1v) is 5.69. The van der Waals surface area contributed by atoms with Crippen LogP contribution in [0.4, 0.5) is 0 Å². The Morgan fingerprint density at radius 2 is 1.80 bits per heavy atom. The Morgan fingerprint density at radius 1 is 1.13 bits per heavy atom. The molecule has 0 bridgehead atoms. The number of hydrogen-bond acceptors (Lipinski definition) is 2. The van der Waals surface area contributed by atoms with Gasteiger partial charge in [0.1, 0.15) is 0 Å². The Hall–Kier alpha value is -0.860. The lowest BCUT2D eigenvalue weighted by Gasteiger charge is -2.21. The molecule has 0 fully saturated rings. The van der Waals surface area contributed by atoms with Gasteiger partial charge in [0.15, 0.2) is 0 Å². The number of benzene rings is 1.